The molecule has 0 aliphatic heterocycles. The van der Waals surface area contributed by atoms with E-state index in [1.54, 1.807) is 13.3 Å². The molecule has 20 heavy (non-hydrogen) atoms. The summed E-state index contributed by atoms with van der Waals surface area (Å²) in [6, 6.07) is 2.24. The van der Waals surface area contributed by atoms with Gasteiger partial charge in [0.05, 0.1) is 25.5 Å². The number of rotatable bonds is 7. The van der Waals surface area contributed by atoms with Crippen molar-refractivity contribution in [2.45, 2.75) is 38.1 Å². The highest BCUT2D eigenvalue weighted by Crippen LogP contribution is 2.29. The number of carbonyl (C=O) groups is 1. The van der Waals surface area contributed by atoms with Crippen LogP contribution in [0, 0.1) is 0 Å². The summed E-state index contributed by atoms with van der Waals surface area (Å²) in [7, 11) is 1.60. The van der Waals surface area contributed by atoms with E-state index in [4.69, 9.17) is 9.47 Å². The fourth-order valence-corrected chi connectivity index (χ4v) is 2.52. The quantitative estimate of drug-likeness (QED) is 0.776. The van der Waals surface area contributed by atoms with Crippen molar-refractivity contribution in [2.75, 3.05) is 32.2 Å². The van der Waals surface area contributed by atoms with Crippen molar-refractivity contribution in [1.82, 2.24) is 9.78 Å². The van der Waals surface area contributed by atoms with Crippen molar-refractivity contribution >= 4 is 11.7 Å². The number of nitrogens with zero attached hydrogens (tertiary/aromatic N) is 2. The summed E-state index contributed by atoms with van der Waals surface area (Å²) in [6.45, 7) is 0.957. The molecule has 1 saturated carbocycles. The molecule has 0 saturated heterocycles. The molecule has 1 aromatic rings. The number of ether oxygens (including phenoxy) is 2. The first-order valence-corrected chi connectivity index (χ1v) is 7.21. The highest BCUT2D eigenvalue weighted by molar-refractivity contribution is 5.90. The number of anilines is 1. The third-order valence-electron chi connectivity index (χ3n) is 3.52. The van der Waals surface area contributed by atoms with Crippen LogP contribution in [0.25, 0.3) is 0 Å². The minimum absolute atomic E-state index is 0.0409. The van der Waals surface area contributed by atoms with Gasteiger partial charge in [0.15, 0.2) is 0 Å². The van der Waals surface area contributed by atoms with Crippen molar-refractivity contribution in [1.29, 1.82) is 0 Å². The molecule has 1 N–H and O–H groups in total. The van der Waals surface area contributed by atoms with E-state index in [9.17, 15) is 4.79 Å². The number of hydrogen-bond donors (Lipinski definition) is 1. The Hall–Kier alpha value is -1.40. The second kappa shape index (κ2) is 8.01. The Labute approximate surface area is 119 Å². The predicted octanol–water partition coefficient (Wildman–Crippen LogP) is 1.99. The number of hydrogen-bond acceptors (Lipinski definition) is 4. The lowest BCUT2D eigenvalue weighted by molar-refractivity contribution is -0.121. The fraction of sp³-hybridized carbons (Fsp3) is 0.714. The molecule has 1 amide bonds. The summed E-state index contributed by atoms with van der Waals surface area (Å²) in [4.78, 5) is 11.8. The zero-order valence-corrected chi connectivity index (χ0v) is 12.0. The Bertz CT molecular complexity index is 414. The van der Waals surface area contributed by atoms with Gasteiger partial charge in [-0.2, -0.15) is 5.10 Å². The van der Waals surface area contributed by atoms with Crippen LogP contribution in [0.4, 0.5) is 5.82 Å². The topological polar surface area (TPSA) is 65.4 Å². The number of nitrogens with one attached hydrogen (secondary N) is 1. The van der Waals surface area contributed by atoms with E-state index in [-0.39, 0.29) is 12.5 Å². The van der Waals surface area contributed by atoms with Crippen LogP contribution >= 0.6 is 0 Å². The highest BCUT2D eigenvalue weighted by atomic mass is 16.5. The lowest BCUT2D eigenvalue weighted by Gasteiger charge is -2.23. The first-order chi connectivity index (χ1) is 9.81. The van der Waals surface area contributed by atoms with Crippen molar-refractivity contribution in [3.8, 4) is 0 Å². The Morgan fingerprint density at radius 3 is 2.95 bits per heavy atom. The maximum absolute atomic E-state index is 11.8. The normalized spacial score (nSPS) is 16.2. The second-order valence-electron chi connectivity index (χ2n) is 5.05. The summed E-state index contributed by atoms with van der Waals surface area (Å²) in [6.07, 6.45) is 7.77. The van der Waals surface area contributed by atoms with Gasteiger partial charge in [0.25, 0.3) is 5.91 Å². The van der Waals surface area contributed by atoms with Crippen LogP contribution in [-0.2, 0) is 14.3 Å². The van der Waals surface area contributed by atoms with Crippen LogP contribution in [0.1, 0.15) is 38.1 Å². The zero-order valence-electron chi connectivity index (χ0n) is 12.0. The molecule has 2 rings (SSSR count). The monoisotopic (exact) mass is 281 g/mol. The van der Waals surface area contributed by atoms with Gasteiger partial charge in [-0.05, 0) is 12.8 Å². The first-order valence-electron chi connectivity index (χ1n) is 7.21. The van der Waals surface area contributed by atoms with E-state index < -0.39 is 0 Å². The average molecular weight is 281 g/mol. The Kier molecular flexibility index (Phi) is 6.01. The van der Waals surface area contributed by atoms with Gasteiger partial charge in [0.2, 0.25) is 0 Å². The minimum atomic E-state index is -0.154. The Morgan fingerprint density at radius 1 is 1.40 bits per heavy atom. The van der Waals surface area contributed by atoms with Crippen molar-refractivity contribution in [3.05, 3.63) is 12.3 Å². The Morgan fingerprint density at radius 2 is 2.20 bits per heavy atom. The molecule has 0 atom stereocenters. The molecule has 0 spiro atoms. The number of aromatic nitrogens is 2. The Balaban J connectivity index is 1.83. The lowest BCUT2D eigenvalue weighted by atomic mass is 9.96. The summed E-state index contributed by atoms with van der Waals surface area (Å²) >= 11 is 0. The molecule has 1 aliphatic rings. The van der Waals surface area contributed by atoms with Gasteiger partial charge in [0.1, 0.15) is 12.4 Å². The molecule has 0 radical (unpaired) electrons. The number of methoxy groups -OCH3 is 1. The van der Waals surface area contributed by atoms with Crippen LogP contribution in [0.2, 0.25) is 0 Å². The lowest BCUT2D eigenvalue weighted by Crippen LogP contribution is -2.23. The van der Waals surface area contributed by atoms with Crippen LogP contribution < -0.4 is 5.32 Å². The van der Waals surface area contributed by atoms with Gasteiger partial charge in [-0.25, -0.2) is 4.68 Å². The molecule has 1 aromatic heterocycles. The maximum atomic E-state index is 11.8. The highest BCUT2D eigenvalue weighted by Gasteiger charge is 2.19. The molecule has 1 fully saturated rings. The molecule has 1 heterocycles. The van der Waals surface area contributed by atoms with Gasteiger partial charge >= 0.3 is 0 Å². The molecule has 0 aromatic carbocycles. The van der Waals surface area contributed by atoms with Gasteiger partial charge in [-0.3, -0.25) is 4.79 Å². The fourth-order valence-electron chi connectivity index (χ4n) is 2.52. The van der Waals surface area contributed by atoms with Gasteiger partial charge in [0, 0.05) is 13.2 Å². The molecule has 6 nitrogen and oxygen atoms in total. The number of amides is 1. The largest absolute Gasteiger partial charge is 0.382 e. The number of carbonyl (C=O) groups excluding carboxylic acids is 1. The molecule has 0 unspecified atom stereocenters. The summed E-state index contributed by atoms with van der Waals surface area (Å²) < 4.78 is 12.0. The van der Waals surface area contributed by atoms with Gasteiger partial charge in [-0.1, -0.05) is 19.3 Å². The van der Waals surface area contributed by atoms with Crippen LogP contribution in [0.5, 0.6) is 0 Å². The summed E-state index contributed by atoms with van der Waals surface area (Å²) in [5, 5.41) is 7.20. The molecule has 0 bridgehead atoms. The average Bonchev–Trinajstić information content (AvgIpc) is 2.92. The van der Waals surface area contributed by atoms with E-state index >= 15 is 0 Å². The van der Waals surface area contributed by atoms with Crippen molar-refractivity contribution in [3.63, 3.8) is 0 Å². The standard InChI is InChI=1S/C14H23N3O3/c1-19-9-10-20-11-14(18)16-13-7-8-15-17(13)12-5-3-2-4-6-12/h7-8,12H,2-6,9-11H2,1H3,(H,16,18). The molecular weight excluding hydrogens is 258 g/mol. The van der Waals surface area contributed by atoms with E-state index in [2.05, 4.69) is 10.4 Å². The van der Waals surface area contributed by atoms with Crippen LogP contribution in [0.3, 0.4) is 0 Å². The van der Waals surface area contributed by atoms with E-state index in [1.807, 2.05) is 10.7 Å². The third-order valence-corrected chi connectivity index (χ3v) is 3.52. The molecular formula is C14H23N3O3. The second-order valence-corrected chi connectivity index (χ2v) is 5.05. The van der Waals surface area contributed by atoms with Crippen LogP contribution in [-0.4, -0.2) is 42.6 Å². The maximum Gasteiger partial charge on any atom is 0.251 e. The third kappa shape index (κ3) is 4.31. The van der Waals surface area contributed by atoms with E-state index in [1.165, 1.54) is 19.3 Å². The molecule has 112 valence electrons. The smallest absolute Gasteiger partial charge is 0.251 e. The van der Waals surface area contributed by atoms with Gasteiger partial charge in [-0.15, -0.1) is 0 Å². The SMILES string of the molecule is COCCOCC(=O)Nc1ccnn1C1CCCCC1. The minimum Gasteiger partial charge on any atom is -0.382 e. The molecule has 1 aliphatic carbocycles. The molecule has 6 heteroatoms. The summed E-state index contributed by atoms with van der Waals surface area (Å²) in [5.41, 5.74) is 0. The summed E-state index contributed by atoms with van der Waals surface area (Å²) in [5.74, 6) is 0.607. The van der Waals surface area contributed by atoms with Crippen molar-refractivity contribution < 1.29 is 14.3 Å². The van der Waals surface area contributed by atoms with Crippen molar-refractivity contribution in [2.24, 2.45) is 0 Å². The van der Waals surface area contributed by atoms with E-state index in [0.29, 0.717) is 19.3 Å². The van der Waals surface area contributed by atoms with E-state index in [0.717, 1.165) is 18.7 Å². The van der Waals surface area contributed by atoms with Gasteiger partial charge < -0.3 is 14.8 Å². The predicted molar refractivity (Wildman–Crippen MR) is 75.7 cm³/mol. The zero-order chi connectivity index (χ0) is 14.2. The first kappa shape index (κ1) is 15.0. The van der Waals surface area contributed by atoms with Crippen LogP contribution in [0.15, 0.2) is 12.3 Å².